The molecule has 0 aliphatic rings. The van der Waals surface area contributed by atoms with Crippen LogP contribution in [0.1, 0.15) is 71.2 Å². The van der Waals surface area contributed by atoms with Gasteiger partial charge >= 0.3 is 17.9 Å². The van der Waals surface area contributed by atoms with Crippen molar-refractivity contribution in [2.75, 3.05) is 24.7 Å². The molecule has 0 spiro atoms. The van der Waals surface area contributed by atoms with Gasteiger partial charge in [0, 0.05) is 59.0 Å². The van der Waals surface area contributed by atoms with Crippen LogP contribution in [-0.2, 0) is 47.9 Å². The van der Waals surface area contributed by atoms with E-state index >= 15 is 0 Å². The summed E-state index contributed by atoms with van der Waals surface area (Å²) in [6, 6.07) is 52.7. The van der Waals surface area contributed by atoms with Crippen LogP contribution in [-0.4, -0.2) is 37.7 Å². The van der Waals surface area contributed by atoms with Gasteiger partial charge in [0.1, 0.15) is 0 Å². The Bertz CT molecular complexity index is 2500. The fraction of sp³-hybridized carbons (Fsp3) is 0.175. The Morgan fingerprint density at radius 2 is 0.734 bits per heavy atom. The third kappa shape index (κ3) is 13.0. The molecule has 0 bridgehead atoms. The molecule has 7 heteroatoms. The van der Waals surface area contributed by atoms with E-state index in [-0.39, 0.29) is 37.0 Å². The fourth-order valence-electron chi connectivity index (χ4n) is 7.05. The second-order valence-electron chi connectivity index (χ2n) is 15.8. The van der Waals surface area contributed by atoms with Crippen LogP contribution in [0.2, 0.25) is 0 Å². The molecule has 64 heavy (non-hydrogen) atoms. The highest BCUT2D eigenvalue weighted by molar-refractivity contribution is 5.88. The predicted molar refractivity (Wildman–Crippen MR) is 259 cm³/mol. The zero-order valence-electron chi connectivity index (χ0n) is 36.9. The second kappa shape index (κ2) is 22.5. The number of hydrogen-bond donors (Lipinski definition) is 0. The standard InChI is InChI=1S/C57H55NO6/c1-40(2)55(59)62-37-34-45-16-26-49(27-17-45)54(50-28-18-46(19-29-50)35-38-63-56(60)41(3)4)48-24-14-43(15-25-48)12-13-44-20-30-52(31-21-44)58(51-10-8-7-9-11-51)53-32-22-47(23-33-53)36-39-64-57(61)42(5)6/h7-33,54H,1,3,5,34-39H2,2,4,6H3. The lowest BCUT2D eigenvalue weighted by molar-refractivity contribution is -0.139. The van der Waals surface area contributed by atoms with Crippen molar-refractivity contribution in [1.82, 2.24) is 0 Å². The maximum atomic E-state index is 11.9. The Kier molecular flexibility index (Phi) is 16.2. The third-order valence-corrected chi connectivity index (χ3v) is 10.6. The monoisotopic (exact) mass is 849 g/mol. The van der Waals surface area contributed by atoms with Gasteiger partial charge < -0.3 is 19.1 Å². The van der Waals surface area contributed by atoms with E-state index in [0.29, 0.717) is 42.6 Å². The summed E-state index contributed by atoms with van der Waals surface area (Å²) >= 11 is 0. The molecule has 6 aromatic carbocycles. The molecule has 0 fully saturated rings. The maximum absolute atomic E-state index is 11.9. The highest BCUT2D eigenvalue weighted by Crippen LogP contribution is 2.36. The van der Waals surface area contributed by atoms with E-state index in [4.69, 9.17) is 14.2 Å². The van der Waals surface area contributed by atoms with Gasteiger partial charge in [0.05, 0.1) is 19.8 Å². The first-order chi connectivity index (χ1) is 30.9. The van der Waals surface area contributed by atoms with Gasteiger partial charge in [-0.1, -0.05) is 147 Å². The number of hydrogen-bond acceptors (Lipinski definition) is 7. The Labute approximate surface area is 377 Å². The summed E-state index contributed by atoms with van der Waals surface area (Å²) < 4.78 is 16.0. The van der Waals surface area contributed by atoms with Crippen molar-refractivity contribution >= 4 is 47.1 Å². The normalized spacial score (nSPS) is 10.9. The van der Waals surface area contributed by atoms with E-state index in [1.54, 1.807) is 20.8 Å². The lowest BCUT2D eigenvalue weighted by atomic mass is 9.84. The first kappa shape index (κ1) is 46.0. The van der Waals surface area contributed by atoms with Crippen LogP contribution in [0.4, 0.5) is 17.1 Å². The number of para-hydroxylation sites is 1. The van der Waals surface area contributed by atoms with E-state index < -0.39 is 0 Å². The van der Waals surface area contributed by atoms with Gasteiger partial charge in [-0.2, -0.15) is 0 Å². The first-order valence-electron chi connectivity index (χ1n) is 21.4. The lowest BCUT2D eigenvalue weighted by Gasteiger charge is -2.25. The molecule has 0 amide bonds. The Morgan fingerprint density at radius 3 is 1.09 bits per heavy atom. The molecule has 0 saturated carbocycles. The summed E-state index contributed by atoms with van der Waals surface area (Å²) in [5.74, 6) is -1.17. The van der Waals surface area contributed by atoms with Gasteiger partial charge in [0.15, 0.2) is 0 Å². The minimum atomic E-state index is -0.381. The largest absolute Gasteiger partial charge is 0.462 e. The fourth-order valence-corrected chi connectivity index (χ4v) is 7.05. The SMILES string of the molecule is C=C(C)C(=O)OCCc1ccc(C(c2ccc(C=Cc3ccc(N(c4ccccc4)c4ccc(CCOC(=O)C(=C)C)cc4)cc3)cc2)c2ccc(CCOC(=O)C(=C)C)cc2)cc1. The molecule has 324 valence electrons. The van der Waals surface area contributed by atoms with Crippen molar-refractivity contribution in [3.63, 3.8) is 0 Å². The minimum absolute atomic E-state index is 0.0359. The molecule has 0 unspecified atom stereocenters. The van der Waals surface area contributed by atoms with Crippen molar-refractivity contribution in [3.8, 4) is 0 Å². The number of nitrogens with zero attached hydrogens (tertiary/aromatic N) is 1. The predicted octanol–water partition coefficient (Wildman–Crippen LogP) is 12.5. The van der Waals surface area contributed by atoms with Crippen LogP contribution in [0.15, 0.2) is 188 Å². The third-order valence-electron chi connectivity index (χ3n) is 10.6. The number of rotatable bonds is 20. The quantitative estimate of drug-likeness (QED) is 0.0249. The molecular formula is C57H55NO6. The molecule has 0 heterocycles. The number of esters is 3. The molecule has 0 N–H and O–H groups in total. The molecule has 0 atom stereocenters. The van der Waals surface area contributed by atoms with Crippen molar-refractivity contribution in [3.05, 3.63) is 233 Å². The van der Waals surface area contributed by atoms with E-state index in [1.807, 2.05) is 18.2 Å². The van der Waals surface area contributed by atoms with Crippen molar-refractivity contribution in [2.24, 2.45) is 0 Å². The van der Waals surface area contributed by atoms with Crippen LogP contribution in [0.5, 0.6) is 0 Å². The summed E-state index contributed by atoms with van der Waals surface area (Å²) in [6.45, 7) is 16.8. The van der Waals surface area contributed by atoms with E-state index in [9.17, 15) is 14.4 Å². The molecule has 0 aliphatic carbocycles. The maximum Gasteiger partial charge on any atom is 0.333 e. The zero-order chi connectivity index (χ0) is 45.4. The van der Waals surface area contributed by atoms with Crippen LogP contribution in [0, 0.1) is 0 Å². The summed E-state index contributed by atoms with van der Waals surface area (Å²) in [4.78, 5) is 37.8. The molecular weight excluding hydrogens is 795 g/mol. The Balaban J connectivity index is 1.17. The number of carbonyl (C=O) groups is 3. The molecule has 7 nitrogen and oxygen atoms in total. The summed E-state index contributed by atoms with van der Waals surface area (Å²) in [6.07, 6.45) is 6.08. The Morgan fingerprint density at radius 1 is 0.438 bits per heavy atom. The van der Waals surface area contributed by atoms with E-state index in [0.717, 1.165) is 61.6 Å². The Hall–Kier alpha value is -7.51. The second-order valence-corrected chi connectivity index (χ2v) is 15.8. The van der Waals surface area contributed by atoms with E-state index in [1.165, 1.54) is 0 Å². The summed E-state index contributed by atoms with van der Waals surface area (Å²) in [5, 5.41) is 0. The van der Waals surface area contributed by atoms with Crippen molar-refractivity contribution in [1.29, 1.82) is 0 Å². The topological polar surface area (TPSA) is 82.1 Å². The van der Waals surface area contributed by atoms with Crippen molar-refractivity contribution in [2.45, 2.75) is 46.0 Å². The van der Waals surface area contributed by atoms with Gasteiger partial charge in [0.2, 0.25) is 0 Å². The van der Waals surface area contributed by atoms with Gasteiger partial charge in [-0.05, 0) is 102 Å². The average molecular weight is 850 g/mol. The number of ether oxygens (including phenoxy) is 3. The van der Waals surface area contributed by atoms with E-state index in [2.05, 4.69) is 170 Å². The minimum Gasteiger partial charge on any atom is -0.462 e. The summed E-state index contributed by atoms with van der Waals surface area (Å²) in [5.41, 5.74) is 13.0. The number of carbonyl (C=O) groups excluding carboxylic acids is 3. The smallest absolute Gasteiger partial charge is 0.333 e. The molecule has 6 rings (SSSR count). The van der Waals surface area contributed by atoms with Crippen LogP contribution < -0.4 is 4.90 Å². The van der Waals surface area contributed by atoms with Gasteiger partial charge in [-0.3, -0.25) is 0 Å². The van der Waals surface area contributed by atoms with Crippen molar-refractivity contribution < 1.29 is 28.6 Å². The zero-order valence-corrected chi connectivity index (χ0v) is 36.9. The first-order valence-corrected chi connectivity index (χ1v) is 21.4. The van der Waals surface area contributed by atoms with Crippen LogP contribution >= 0.6 is 0 Å². The van der Waals surface area contributed by atoms with Gasteiger partial charge in [-0.15, -0.1) is 0 Å². The lowest BCUT2D eigenvalue weighted by Crippen LogP contribution is -2.10. The summed E-state index contributed by atoms with van der Waals surface area (Å²) in [7, 11) is 0. The average Bonchev–Trinajstić information content (AvgIpc) is 3.31. The highest BCUT2D eigenvalue weighted by Gasteiger charge is 2.18. The molecule has 0 saturated heterocycles. The number of anilines is 3. The van der Waals surface area contributed by atoms with Crippen LogP contribution in [0.25, 0.3) is 12.2 Å². The molecule has 0 aliphatic heterocycles. The molecule has 0 radical (unpaired) electrons. The molecule has 6 aromatic rings. The van der Waals surface area contributed by atoms with Gasteiger partial charge in [0.25, 0.3) is 0 Å². The number of benzene rings is 6. The van der Waals surface area contributed by atoms with Crippen LogP contribution in [0.3, 0.4) is 0 Å². The molecule has 0 aromatic heterocycles. The van der Waals surface area contributed by atoms with Gasteiger partial charge in [-0.25, -0.2) is 14.4 Å². The highest BCUT2D eigenvalue weighted by atomic mass is 16.5.